The van der Waals surface area contributed by atoms with Crippen molar-refractivity contribution in [2.75, 3.05) is 5.32 Å². The number of amides is 2. The molecule has 7 heteroatoms. The largest absolute Gasteiger partial charge is 0.464 e. The molecule has 0 spiro atoms. The van der Waals surface area contributed by atoms with Gasteiger partial charge in [0.05, 0.1) is 6.54 Å². The normalized spacial score (nSPS) is 20.1. The van der Waals surface area contributed by atoms with Crippen LogP contribution in [0.4, 0.5) is 5.82 Å². The molecule has 1 aliphatic heterocycles. The second-order valence-electron chi connectivity index (χ2n) is 4.70. The number of aromatic nitrogens is 1. The van der Waals surface area contributed by atoms with E-state index in [2.05, 4.69) is 15.6 Å². The van der Waals surface area contributed by atoms with Gasteiger partial charge in [-0.3, -0.25) is 9.59 Å². The first-order valence-electron chi connectivity index (χ1n) is 6.36. The lowest BCUT2D eigenvalue weighted by atomic mass is 10.0. The van der Waals surface area contributed by atoms with Crippen molar-refractivity contribution in [2.45, 2.75) is 19.1 Å². The number of pyridine rings is 1. The van der Waals surface area contributed by atoms with Crippen molar-refractivity contribution < 1.29 is 14.3 Å². The fourth-order valence-corrected chi connectivity index (χ4v) is 2.60. The van der Waals surface area contributed by atoms with E-state index in [0.717, 1.165) is 4.88 Å². The van der Waals surface area contributed by atoms with Crippen LogP contribution in [0.3, 0.4) is 0 Å². The molecule has 1 atom stereocenters. The fraction of sp³-hybridized carbons (Fsp3) is 0.214. The maximum atomic E-state index is 12.3. The Morgan fingerprint density at radius 3 is 3.10 bits per heavy atom. The van der Waals surface area contributed by atoms with E-state index in [0.29, 0.717) is 18.1 Å². The predicted molar refractivity (Wildman–Crippen MR) is 78.1 cm³/mol. The summed E-state index contributed by atoms with van der Waals surface area (Å²) in [4.78, 5) is 29.5. The van der Waals surface area contributed by atoms with Crippen LogP contribution >= 0.6 is 11.3 Å². The number of hydrogen-bond donors (Lipinski definition) is 2. The number of ether oxygens (including phenoxy) is 1. The van der Waals surface area contributed by atoms with Crippen LogP contribution in [-0.4, -0.2) is 22.4 Å². The van der Waals surface area contributed by atoms with E-state index in [1.165, 1.54) is 18.3 Å². The first kappa shape index (κ1) is 13.6. The van der Waals surface area contributed by atoms with Crippen molar-refractivity contribution in [3.05, 3.63) is 40.7 Å². The standard InChI is InChI=1S/C14H13N3O3S/c1-14(12(18)16-8-9-4-3-7-21-9)13(19)17-11-10(20-14)5-2-6-15-11/h2-7H,8H2,1H3,(H,16,18)(H,15,17,19)/t14-/m0/s1. The summed E-state index contributed by atoms with van der Waals surface area (Å²) in [5, 5.41) is 7.24. The highest BCUT2D eigenvalue weighted by molar-refractivity contribution is 7.09. The van der Waals surface area contributed by atoms with Crippen molar-refractivity contribution in [2.24, 2.45) is 0 Å². The molecule has 3 rings (SSSR count). The number of anilines is 1. The minimum Gasteiger partial charge on any atom is -0.464 e. The Kier molecular flexibility index (Phi) is 3.34. The van der Waals surface area contributed by atoms with Gasteiger partial charge < -0.3 is 15.4 Å². The molecular formula is C14H13N3O3S. The van der Waals surface area contributed by atoms with E-state index in [-0.39, 0.29) is 0 Å². The lowest BCUT2D eigenvalue weighted by Gasteiger charge is -2.32. The van der Waals surface area contributed by atoms with E-state index in [1.54, 1.807) is 18.3 Å². The van der Waals surface area contributed by atoms with Gasteiger partial charge in [0, 0.05) is 11.1 Å². The smallest absolute Gasteiger partial charge is 0.279 e. The van der Waals surface area contributed by atoms with Gasteiger partial charge >= 0.3 is 0 Å². The second kappa shape index (κ2) is 5.17. The molecular weight excluding hydrogens is 290 g/mol. The van der Waals surface area contributed by atoms with Crippen LogP contribution in [0.5, 0.6) is 5.75 Å². The Labute approximate surface area is 125 Å². The quantitative estimate of drug-likeness (QED) is 0.843. The average Bonchev–Trinajstić information content (AvgIpc) is 2.99. The minimum absolute atomic E-state index is 0.325. The molecule has 0 saturated carbocycles. The van der Waals surface area contributed by atoms with E-state index >= 15 is 0 Å². The molecule has 108 valence electrons. The first-order valence-corrected chi connectivity index (χ1v) is 7.24. The third-order valence-electron chi connectivity index (χ3n) is 3.19. The predicted octanol–water partition coefficient (Wildman–Crippen LogP) is 1.55. The molecule has 0 aromatic carbocycles. The molecule has 0 bridgehead atoms. The highest BCUT2D eigenvalue weighted by atomic mass is 32.1. The summed E-state index contributed by atoms with van der Waals surface area (Å²) in [6.45, 7) is 1.81. The van der Waals surface area contributed by atoms with Crippen molar-refractivity contribution in [1.29, 1.82) is 0 Å². The summed E-state index contributed by atoms with van der Waals surface area (Å²) in [5.74, 6) is -0.308. The van der Waals surface area contributed by atoms with Gasteiger partial charge in [-0.05, 0) is 30.5 Å². The third kappa shape index (κ3) is 2.47. The van der Waals surface area contributed by atoms with Crippen LogP contribution in [0, 0.1) is 0 Å². The van der Waals surface area contributed by atoms with Gasteiger partial charge in [-0.15, -0.1) is 11.3 Å². The van der Waals surface area contributed by atoms with Crippen molar-refractivity contribution in [3.63, 3.8) is 0 Å². The van der Waals surface area contributed by atoms with Crippen molar-refractivity contribution in [3.8, 4) is 5.75 Å². The van der Waals surface area contributed by atoms with E-state index in [1.807, 2.05) is 17.5 Å². The molecule has 0 saturated heterocycles. The molecule has 2 aromatic heterocycles. The SMILES string of the molecule is C[C@@]1(C(=O)NCc2cccs2)Oc2cccnc2NC1=O. The number of fused-ring (bicyclic) bond motifs is 1. The summed E-state index contributed by atoms with van der Waals surface area (Å²) in [6, 6.07) is 7.15. The van der Waals surface area contributed by atoms with Gasteiger partial charge in [-0.2, -0.15) is 0 Å². The zero-order chi connectivity index (χ0) is 14.9. The summed E-state index contributed by atoms with van der Waals surface area (Å²) in [6.07, 6.45) is 1.54. The van der Waals surface area contributed by atoms with Crippen molar-refractivity contribution >= 4 is 29.0 Å². The van der Waals surface area contributed by atoms with E-state index in [4.69, 9.17) is 4.74 Å². The third-order valence-corrected chi connectivity index (χ3v) is 4.06. The number of nitrogens with one attached hydrogen (secondary N) is 2. The average molecular weight is 303 g/mol. The highest BCUT2D eigenvalue weighted by Gasteiger charge is 2.47. The van der Waals surface area contributed by atoms with Gasteiger partial charge in [0.2, 0.25) is 0 Å². The summed E-state index contributed by atoms with van der Waals surface area (Å²) in [7, 11) is 0. The Morgan fingerprint density at radius 1 is 1.48 bits per heavy atom. The number of thiophene rings is 1. The highest BCUT2D eigenvalue weighted by Crippen LogP contribution is 2.31. The maximum Gasteiger partial charge on any atom is 0.279 e. The minimum atomic E-state index is -1.60. The Balaban J connectivity index is 1.77. The van der Waals surface area contributed by atoms with Gasteiger partial charge in [-0.25, -0.2) is 4.98 Å². The van der Waals surface area contributed by atoms with Crippen LogP contribution in [0.1, 0.15) is 11.8 Å². The molecule has 1 aliphatic rings. The molecule has 21 heavy (non-hydrogen) atoms. The summed E-state index contributed by atoms with van der Waals surface area (Å²) in [5.41, 5.74) is -1.60. The Hall–Kier alpha value is -2.41. The van der Waals surface area contributed by atoms with Crippen LogP contribution < -0.4 is 15.4 Å². The topological polar surface area (TPSA) is 80.3 Å². The van der Waals surface area contributed by atoms with Gasteiger partial charge in [-0.1, -0.05) is 6.07 Å². The molecule has 6 nitrogen and oxygen atoms in total. The fourth-order valence-electron chi connectivity index (χ4n) is 1.96. The molecule has 0 fully saturated rings. The molecule has 2 aromatic rings. The van der Waals surface area contributed by atoms with Crippen LogP contribution in [0.15, 0.2) is 35.8 Å². The van der Waals surface area contributed by atoms with E-state index in [9.17, 15) is 9.59 Å². The first-order chi connectivity index (χ1) is 10.1. The molecule has 0 unspecified atom stereocenters. The number of carbonyl (C=O) groups excluding carboxylic acids is 2. The lowest BCUT2D eigenvalue weighted by molar-refractivity contribution is -0.146. The number of nitrogens with zero attached hydrogens (tertiary/aromatic N) is 1. The monoisotopic (exact) mass is 303 g/mol. The number of carbonyl (C=O) groups is 2. The summed E-state index contributed by atoms with van der Waals surface area (Å²) < 4.78 is 5.58. The summed E-state index contributed by atoms with van der Waals surface area (Å²) >= 11 is 1.53. The van der Waals surface area contributed by atoms with Crippen LogP contribution in [0.25, 0.3) is 0 Å². The van der Waals surface area contributed by atoms with E-state index < -0.39 is 17.4 Å². The number of hydrogen-bond acceptors (Lipinski definition) is 5. The lowest BCUT2D eigenvalue weighted by Crippen LogP contribution is -2.58. The van der Waals surface area contributed by atoms with Gasteiger partial charge in [0.1, 0.15) is 0 Å². The molecule has 2 amide bonds. The van der Waals surface area contributed by atoms with Crippen molar-refractivity contribution in [1.82, 2.24) is 10.3 Å². The zero-order valence-electron chi connectivity index (χ0n) is 11.3. The van der Waals surface area contributed by atoms with Gasteiger partial charge in [0.25, 0.3) is 17.4 Å². The molecule has 2 N–H and O–H groups in total. The van der Waals surface area contributed by atoms with Crippen LogP contribution in [-0.2, 0) is 16.1 Å². The number of rotatable bonds is 3. The van der Waals surface area contributed by atoms with Crippen LogP contribution in [0.2, 0.25) is 0 Å². The second-order valence-corrected chi connectivity index (χ2v) is 5.73. The Bertz CT molecular complexity index is 687. The Morgan fingerprint density at radius 2 is 2.33 bits per heavy atom. The molecule has 0 aliphatic carbocycles. The maximum absolute atomic E-state index is 12.3. The zero-order valence-corrected chi connectivity index (χ0v) is 12.1. The van der Waals surface area contributed by atoms with Gasteiger partial charge in [0.15, 0.2) is 11.6 Å². The molecule has 3 heterocycles. The molecule has 0 radical (unpaired) electrons.